The highest BCUT2D eigenvalue weighted by Gasteiger charge is 2.14. The Bertz CT molecular complexity index is 1490. The molecule has 0 atom stereocenters. The van der Waals surface area contributed by atoms with E-state index in [4.69, 9.17) is 16.3 Å². The van der Waals surface area contributed by atoms with Crippen molar-refractivity contribution in [1.29, 1.82) is 0 Å². The summed E-state index contributed by atoms with van der Waals surface area (Å²) in [6.07, 6.45) is 6.27. The van der Waals surface area contributed by atoms with Gasteiger partial charge in [-0.05, 0) is 48.4 Å². The zero-order chi connectivity index (χ0) is 26.4. The maximum Gasteiger partial charge on any atom is 0.330 e. The van der Waals surface area contributed by atoms with E-state index in [1.165, 1.54) is 35.9 Å². The molecule has 9 nitrogen and oxygen atoms in total. The van der Waals surface area contributed by atoms with Gasteiger partial charge in [0.15, 0.2) is 11.6 Å². The van der Waals surface area contributed by atoms with Crippen molar-refractivity contribution in [3.05, 3.63) is 83.4 Å². The summed E-state index contributed by atoms with van der Waals surface area (Å²) in [7, 11) is 0. The van der Waals surface area contributed by atoms with Crippen molar-refractivity contribution >= 4 is 47.0 Å². The molecule has 2 N–H and O–H groups in total. The molecule has 188 valence electrons. The summed E-state index contributed by atoms with van der Waals surface area (Å²) in [4.78, 5) is 32.2. The van der Waals surface area contributed by atoms with Crippen LogP contribution in [0.5, 0.6) is 0 Å². The van der Waals surface area contributed by atoms with E-state index in [1.54, 1.807) is 31.5 Å². The molecule has 0 radical (unpaired) electrons. The highest BCUT2D eigenvalue weighted by atomic mass is 35.5. The number of benzene rings is 2. The molecule has 2 aromatic heterocycles. The number of aromatic nitrogens is 4. The summed E-state index contributed by atoms with van der Waals surface area (Å²) < 4.78 is 20.0. The predicted molar refractivity (Wildman–Crippen MR) is 139 cm³/mol. The van der Waals surface area contributed by atoms with E-state index in [1.807, 2.05) is 24.3 Å². The number of carbonyl (C=O) groups excluding carboxylic acids is 2. The predicted octanol–water partition coefficient (Wildman–Crippen LogP) is 5.40. The van der Waals surface area contributed by atoms with Crippen LogP contribution in [-0.2, 0) is 14.3 Å². The molecule has 0 bridgehead atoms. The van der Waals surface area contributed by atoms with Gasteiger partial charge in [0, 0.05) is 42.7 Å². The van der Waals surface area contributed by atoms with Crippen molar-refractivity contribution in [1.82, 2.24) is 19.7 Å². The van der Waals surface area contributed by atoms with Gasteiger partial charge in [0.1, 0.15) is 5.82 Å². The summed E-state index contributed by atoms with van der Waals surface area (Å²) in [6, 6.07) is 13.2. The number of hydrogen-bond donors (Lipinski definition) is 2. The number of amides is 1. The molecule has 0 aliphatic carbocycles. The highest BCUT2D eigenvalue weighted by Crippen LogP contribution is 2.28. The van der Waals surface area contributed by atoms with Gasteiger partial charge in [-0.25, -0.2) is 18.9 Å². The molecule has 4 rings (SSSR count). The van der Waals surface area contributed by atoms with Gasteiger partial charge in [0.25, 0.3) is 0 Å². The molecule has 37 heavy (non-hydrogen) atoms. The first-order valence-electron chi connectivity index (χ1n) is 11.2. The molecule has 0 fully saturated rings. The van der Waals surface area contributed by atoms with Crippen LogP contribution < -0.4 is 10.6 Å². The van der Waals surface area contributed by atoms with E-state index in [0.29, 0.717) is 29.5 Å². The number of nitrogens with one attached hydrogen (secondary N) is 2. The van der Waals surface area contributed by atoms with Crippen LogP contribution in [0.15, 0.2) is 67.0 Å². The van der Waals surface area contributed by atoms with Crippen molar-refractivity contribution < 1.29 is 18.7 Å². The molecular weight excluding hydrogens is 499 g/mol. The summed E-state index contributed by atoms with van der Waals surface area (Å²) in [5.41, 5.74) is 2.65. The van der Waals surface area contributed by atoms with Crippen molar-refractivity contribution in [2.75, 3.05) is 17.2 Å². The fourth-order valence-corrected chi connectivity index (χ4v) is 3.55. The van der Waals surface area contributed by atoms with Crippen LogP contribution in [0.25, 0.3) is 23.0 Å². The molecule has 1 amide bonds. The van der Waals surface area contributed by atoms with Gasteiger partial charge in [-0.1, -0.05) is 29.8 Å². The minimum Gasteiger partial charge on any atom is -0.463 e. The first-order chi connectivity index (χ1) is 17.8. The molecule has 0 spiro atoms. The molecule has 0 aliphatic rings. The smallest absolute Gasteiger partial charge is 0.330 e. The SMILES string of the molecule is CCOC(=O)/C=C/c1cccc(-c2cnc(Nc3ccc(F)c(Cl)c3)nc2-n2ccc(NC(C)=O)n2)c1. The normalized spacial score (nSPS) is 10.9. The highest BCUT2D eigenvalue weighted by molar-refractivity contribution is 6.31. The molecule has 4 aromatic rings. The molecule has 2 aromatic carbocycles. The lowest BCUT2D eigenvalue weighted by Crippen LogP contribution is -2.09. The average Bonchev–Trinajstić information content (AvgIpc) is 3.33. The van der Waals surface area contributed by atoms with Gasteiger partial charge in [0.05, 0.1) is 11.6 Å². The first kappa shape index (κ1) is 25.5. The summed E-state index contributed by atoms with van der Waals surface area (Å²) in [6.45, 7) is 3.42. The number of hydrogen-bond acceptors (Lipinski definition) is 7. The quantitative estimate of drug-likeness (QED) is 0.236. The minimum atomic E-state index is -0.539. The van der Waals surface area contributed by atoms with Gasteiger partial charge in [0.2, 0.25) is 11.9 Å². The van der Waals surface area contributed by atoms with Crippen LogP contribution in [0.1, 0.15) is 19.4 Å². The van der Waals surface area contributed by atoms with Crippen LogP contribution in [0.3, 0.4) is 0 Å². The van der Waals surface area contributed by atoms with Gasteiger partial charge < -0.3 is 15.4 Å². The molecule has 0 saturated carbocycles. The van der Waals surface area contributed by atoms with Gasteiger partial charge in [-0.15, -0.1) is 5.10 Å². The number of nitrogens with zero attached hydrogens (tertiary/aromatic N) is 4. The molecule has 0 unspecified atom stereocenters. The third-order valence-corrected chi connectivity index (χ3v) is 5.24. The van der Waals surface area contributed by atoms with E-state index < -0.39 is 11.8 Å². The largest absolute Gasteiger partial charge is 0.463 e. The fourth-order valence-electron chi connectivity index (χ4n) is 3.37. The Balaban J connectivity index is 1.74. The van der Waals surface area contributed by atoms with Gasteiger partial charge in [-0.3, -0.25) is 4.79 Å². The zero-order valence-electron chi connectivity index (χ0n) is 19.9. The van der Waals surface area contributed by atoms with Crippen LogP contribution in [-0.4, -0.2) is 38.2 Å². The number of rotatable bonds is 8. The molecular formula is C26H22ClFN6O3. The van der Waals surface area contributed by atoms with Crippen LogP contribution >= 0.6 is 11.6 Å². The summed E-state index contributed by atoms with van der Waals surface area (Å²) >= 11 is 5.90. The Morgan fingerprint density at radius 3 is 2.78 bits per heavy atom. The third-order valence-electron chi connectivity index (χ3n) is 4.95. The third kappa shape index (κ3) is 6.56. The van der Waals surface area contributed by atoms with E-state index in [0.717, 1.165) is 11.1 Å². The maximum atomic E-state index is 13.6. The standard InChI is InChI=1S/C26H22ClFN6O3/c1-3-37-24(36)10-7-17-5-4-6-18(13-17)20-15-29-26(31-19-8-9-22(28)21(27)14-19)32-25(20)34-12-11-23(33-34)30-16(2)35/h4-15H,3H2,1-2H3,(H,29,31,32)(H,30,33,35)/b10-7+. The van der Waals surface area contributed by atoms with Gasteiger partial charge in [-0.2, -0.15) is 4.98 Å². The lowest BCUT2D eigenvalue weighted by molar-refractivity contribution is -0.137. The van der Waals surface area contributed by atoms with Crippen LogP contribution in [0.2, 0.25) is 5.02 Å². The second-order valence-corrected chi connectivity index (χ2v) is 8.13. The lowest BCUT2D eigenvalue weighted by atomic mass is 10.0. The first-order valence-corrected chi connectivity index (χ1v) is 11.6. The van der Waals surface area contributed by atoms with Crippen LogP contribution in [0.4, 0.5) is 21.8 Å². The maximum absolute atomic E-state index is 13.6. The van der Waals surface area contributed by atoms with Crippen LogP contribution in [0, 0.1) is 5.82 Å². The van der Waals surface area contributed by atoms with Crippen molar-refractivity contribution in [2.24, 2.45) is 0 Å². The Hall–Kier alpha value is -4.57. The Morgan fingerprint density at radius 1 is 1.19 bits per heavy atom. The lowest BCUT2D eigenvalue weighted by Gasteiger charge is -2.12. The molecule has 2 heterocycles. The number of esters is 1. The summed E-state index contributed by atoms with van der Waals surface area (Å²) in [5.74, 6) is -0.253. The van der Waals surface area contributed by atoms with Crippen molar-refractivity contribution in [2.45, 2.75) is 13.8 Å². The number of carbonyl (C=O) groups is 2. The van der Waals surface area contributed by atoms with E-state index in [-0.39, 0.29) is 16.9 Å². The van der Waals surface area contributed by atoms with Crippen molar-refractivity contribution in [3.8, 4) is 16.9 Å². The molecule has 0 saturated heterocycles. The molecule has 0 aliphatic heterocycles. The number of ether oxygens (including phenoxy) is 1. The van der Waals surface area contributed by atoms with E-state index in [2.05, 4.69) is 25.7 Å². The number of anilines is 3. The zero-order valence-corrected chi connectivity index (χ0v) is 20.7. The second-order valence-electron chi connectivity index (χ2n) is 7.72. The molecule has 11 heteroatoms. The van der Waals surface area contributed by atoms with Crippen molar-refractivity contribution in [3.63, 3.8) is 0 Å². The minimum absolute atomic E-state index is 0.0402. The fraction of sp³-hybridized carbons (Fsp3) is 0.115. The average molecular weight is 521 g/mol. The summed E-state index contributed by atoms with van der Waals surface area (Å²) in [5, 5.41) is 10.0. The monoisotopic (exact) mass is 520 g/mol. The number of halogens is 2. The Labute approximate surface area is 217 Å². The van der Waals surface area contributed by atoms with E-state index in [9.17, 15) is 14.0 Å². The Morgan fingerprint density at radius 2 is 2.03 bits per heavy atom. The topological polar surface area (TPSA) is 111 Å². The Kier molecular flexibility index (Phi) is 7.89. The van der Waals surface area contributed by atoms with Gasteiger partial charge >= 0.3 is 5.97 Å². The second kappa shape index (κ2) is 11.4. The van der Waals surface area contributed by atoms with E-state index >= 15 is 0 Å².